The molecule has 0 radical (unpaired) electrons. The predicted molar refractivity (Wildman–Crippen MR) is 119 cm³/mol. The van der Waals surface area contributed by atoms with E-state index < -0.39 is 16.0 Å². The van der Waals surface area contributed by atoms with Crippen molar-refractivity contribution < 1.29 is 17.9 Å². The molecule has 1 aromatic heterocycles. The maximum atomic E-state index is 13.0. The van der Waals surface area contributed by atoms with Crippen LogP contribution in [0.3, 0.4) is 0 Å². The van der Waals surface area contributed by atoms with Gasteiger partial charge in [-0.15, -0.1) is 9.19 Å². The van der Waals surface area contributed by atoms with Crippen LogP contribution in [0.25, 0.3) is 10.8 Å². The van der Waals surface area contributed by atoms with E-state index in [0.29, 0.717) is 15.6 Å². The molecule has 0 atom stereocenters. The molecule has 0 saturated carbocycles. The molecule has 158 valence electrons. The Morgan fingerprint density at radius 3 is 2.32 bits per heavy atom. The third-order valence-electron chi connectivity index (χ3n) is 4.94. The van der Waals surface area contributed by atoms with E-state index >= 15 is 0 Å². The molecule has 4 aromatic rings. The van der Waals surface area contributed by atoms with E-state index in [1.165, 1.54) is 12.1 Å². The highest BCUT2D eigenvalue weighted by Crippen LogP contribution is 2.25. The van der Waals surface area contributed by atoms with Gasteiger partial charge < -0.3 is 10.5 Å². The SMILES string of the molecule is CC(C)c1ccc(C(=O)Oc2cc(N)n(S(=O)(=O)c3ccc4ccccc4c3)n2)cc1. The molecule has 0 aliphatic heterocycles. The Morgan fingerprint density at radius 2 is 1.65 bits per heavy atom. The zero-order valence-corrected chi connectivity index (χ0v) is 17.8. The van der Waals surface area contributed by atoms with Gasteiger partial charge in [0.15, 0.2) is 0 Å². The summed E-state index contributed by atoms with van der Waals surface area (Å²) in [4.78, 5) is 12.5. The molecule has 1 heterocycles. The monoisotopic (exact) mass is 435 g/mol. The molecule has 7 nitrogen and oxygen atoms in total. The molecule has 0 fully saturated rings. The number of hydrogen-bond acceptors (Lipinski definition) is 6. The van der Waals surface area contributed by atoms with Crippen molar-refractivity contribution in [2.45, 2.75) is 24.7 Å². The molecular weight excluding hydrogens is 414 g/mol. The summed E-state index contributed by atoms with van der Waals surface area (Å²) in [6, 6.07) is 20.4. The van der Waals surface area contributed by atoms with Crippen molar-refractivity contribution >= 4 is 32.6 Å². The van der Waals surface area contributed by atoms with Crippen LogP contribution in [0.2, 0.25) is 0 Å². The first kappa shape index (κ1) is 20.6. The minimum Gasteiger partial charge on any atom is -0.402 e. The minimum atomic E-state index is -4.07. The van der Waals surface area contributed by atoms with E-state index in [0.717, 1.165) is 16.3 Å². The smallest absolute Gasteiger partial charge is 0.344 e. The molecule has 8 heteroatoms. The molecule has 31 heavy (non-hydrogen) atoms. The van der Waals surface area contributed by atoms with Gasteiger partial charge in [0.1, 0.15) is 5.82 Å². The summed E-state index contributed by atoms with van der Waals surface area (Å²) in [7, 11) is -4.07. The maximum absolute atomic E-state index is 13.0. The Morgan fingerprint density at radius 1 is 0.968 bits per heavy atom. The fourth-order valence-electron chi connectivity index (χ4n) is 3.19. The molecular formula is C23H21N3O4S. The molecule has 0 bridgehead atoms. The Balaban J connectivity index is 1.60. The summed E-state index contributed by atoms with van der Waals surface area (Å²) in [5.41, 5.74) is 7.29. The second-order valence-electron chi connectivity index (χ2n) is 7.43. The lowest BCUT2D eigenvalue weighted by Gasteiger charge is -2.07. The Kier molecular flexibility index (Phi) is 5.24. The fourth-order valence-corrected chi connectivity index (χ4v) is 4.42. The average Bonchev–Trinajstić information content (AvgIpc) is 3.14. The summed E-state index contributed by atoms with van der Waals surface area (Å²) < 4.78 is 32.0. The number of anilines is 1. The molecule has 0 unspecified atom stereocenters. The van der Waals surface area contributed by atoms with E-state index in [-0.39, 0.29) is 16.6 Å². The zero-order valence-electron chi connectivity index (χ0n) is 17.0. The van der Waals surface area contributed by atoms with E-state index in [4.69, 9.17) is 10.5 Å². The van der Waals surface area contributed by atoms with Crippen LogP contribution in [-0.4, -0.2) is 23.6 Å². The van der Waals surface area contributed by atoms with Gasteiger partial charge in [-0.3, -0.25) is 0 Å². The second kappa shape index (κ2) is 7.88. The highest BCUT2D eigenvalue weighted by molar-refractivity contribution is 7.90. The molecule has 0 aliphatic carbocycles. The first-order valence-corrected chi connectivity index (χ1v) is 11.1. The lowest BCUT2D eigenvalue weighted by atomic mass is 10.0. The Hall–Kier alpha value is -3.65. The Bertz CT molecular complexity index is 1370. The summed E-state index contributed by atoms with van der Waals surface area (Å²) in [5.74, 6) is -0.671. The van der Waals surface area contributed by atoms with Crippen molar-refractivity contribution in [2.75, 3.05) is 5.73 Å². The third kappa shape index (κ3) is 4.02. The molecule has 0 amide bonds. The number of carbonyl (C=O) groups is 1. The quantitative estimate of drug-likeness (QED) is 0.471. The first-order chi connectivity index (χ1) is 14.8. The topological polar surface area (TPSA) is 104 Å². The van der Waals surface area contributed by atoms with Crippen molar-refractivity contribution in [1.29, 1.82) is 0 Å². The van der Waals surface area contributed by atoms with Crippen molar-refractivity contribution in [3.8, 4) is 5.88 Å². The van der Waals surface area contributed by atoms with E-state index in [9.17, 15) is 13.2 Å². The number of hydrogen-bond donors (Lipinski definition) is 1. The Labute approximate surface area is 180 Å². The van der Waals surface area contributed by atoms with Crippen molar-refractivity contribution in [1.82, 2.24) is 9.19 Å². The van der Waals surface area contributed by atoms with Gasteiger partial charge in [-0.2, -0.15) is 8.42 Å². The number of aromatic nitrogens is 2. The van der Waals surface area contributed by atoms with Gasteiger partial charge in [-0.05, 0) is 46.5 Å². The summed E-state index contributed by atoms with van der Waals surface area (Å²) in [6.45, 7) is 4.11. The minimum absolute atomic E-state index is 0.0307. The number of nitrogens with zero attached hydrogens (tertiary/aromatic N) is 2. The van der Waals surface area contributed by atoms with Crippen LogP contribution in [0, 0.1) is 0 Å². The van der Waals surface area contributed by atoms with Gasteiger partial charge >= 0.3 is 5.97 Å². The molecule has 4 rings (SSSR count). The number of ether oxygens (including phenoxy) is 1. The third-order valence-corrected chi connectivity index (χ3v) is 6.54. The van der Waals surface area contributed by atoms with Crippen LogP contribution in [0.5, 0.6) is 5.88 Å². The number of rotatable bonds is 5. The van der Waals surface area contributed by atoms with Gasteiger partial charge in [0.2, 0.25) is 5.88 Å². The predicted octanol–water partition coefficient (Wildman–Crippen LogP) is 4.20. The van der Waals surface area contributed by atoms with Crippen molar-refractivity contribution in [2.24, 2.45) is 0 Å². The van der Waals surface area contributed by atoms with Crippen LogP contribution >= 0.6 is 0 Å². The average molecular weight is 436 g/mol. The van der Waals surface area contributed by atoms with Crippen LogP contribution in [0.1, 0.15) is 35.7 Å². The van der Waals surface area contributed by atoms with Crippen LogP contribution in [0.4, 0.5) is 5.82 Å². The van der Waals surface area contributed by atoms with Crippen molar-refractivity contribution in [3.63, 3.8) is 0 Å². The van der Waals surface area contributed by atoms with E-state index in [1.54, 1.807) is 24.3 Å². The highest BCUT2D eigenvalue weighted by atomic mass is 32.2. The van der Waals surface area contributed by atoms with Gasteiger partial charge in [0, 0.05) is 6.07 Å². The first-order valence-electron chi connectivity index (χ1n) is 9.68. The zero-order chi connectivity index (χ0) is 22.2. The maximum Gasteiger partial charge on any atom is 0.344 e. The van der Waals surface area contributed by atoms with E-state index in [2.05, 4.69) is 18.9 Å². The largest absolute Gasteiger partial charge is 0.402 e. The van der Waals surface area contributed by atoms with Gasteiger partial charge in [0.25, 0.3) is 10.0 Å². The second-order valence-corrected chi connectivity index (χ2v) is 9.20. The van der Waals surface area contributed by atoms with Crippen molar-refractivity contribution in [3.05, 3.63) is 83.9 Å². The molecule has 0 saturated heterocycles. The fraction of sp³-hybridized carbons (Fsp3) is 0.130. The van der Waals surface area contributed by atoms with E-state index in [1.807, 2.05) is 36.4 Å². The number of benzene rings is 3. The summed E-state index contributed by atoms with van der Waals surface area (Å²) >= 11 is 0. The van der Waals surface area contributed by atoms with Crippen LogP contribution < -0.4 is 10.5 Å². The van der Waals surface area contributed by atoms with Gasteiger partial charge in [-0.1, -0.05) is 56.3 Å². The number of nitrogens with two attached hydrogens (primary N) is 1. The summed E-state index contributed by atoms with van der Waals surface area (Å²) in [5, 5.41) is 5.59. The number of fused-ring (bicyclic) bond motifs is 1. The standard InChI is InChI=1S/C23H21N3O4S/c1-15(2)16-7-9-18(10-8-16)23(27)30-22-14-21(24)26(25-22)31(28,29)20-12-11-17-5-3-4-6-19(17)13-20/h3-15H,24H2,1-2H3. The van der Waals surface area contributed by atoms with Crippen LogP contribution in [-0.2, 0) is 10.0 Å². The molecule has 0 spiro atoms. The van der Waals surface area contributed by atoms with Crippen LogP contribution in [0.15, 0.2) is 77.7 Å². The number of esters is 1. The molecule has 0 aliphatic rings. The van der Waals surface area contributed by atoms with Gasteiger partial charge in [-0.25, -0.2) is 4.79 Å². The highest BCUT2D eigenvalue weighted by Gasteiger charge is 2.23. The lowest BCUT2D eigenvalue weighted by molar-refractivity contribution is 0.0727. The lowest BCUT2D eigenvalue weighted by Crippen LogP contribution is -2.17. The molecule has 3 aromatic carbocycles. The number of carbonyl (C=O) groups excluding carboxylic acids is 1. The van der Waals surface area contributed by atoms with Gasteiger partial charge in [0.05, 0.1) is 10.5 Å². The number of nitrogen functional groups attached to an aromatic ring is 1. The summed E-state index contributed by atoms with van der Waals surface area (Å²) in [6.07, 6.45) is 0. The normalized spacial score (nSPS) is 11.7. The molecule has 2 N–H and O–H groups in total.